The van der Waals surface area contributed by atoms with Gasteiger partial charge in [0, 0.05) is 45.5 Å². The van der Waals surface area contributed by atoms with Crippen LogP contribution in [0.15, 0.2) is 41.8 Å². The van der Waals surface area contributed by atoms with Crippen LogP contribution in [-0.4, -0.2) is 47.3 Å². The smallest absolute Gasteiger partial charge is 0.346 e. The third-order valence-corrected chi connectivity index (χ3v) is 11.2. The maximum absolute atomic E-state index is 12.1. The van der Waals surface area contributed by atoms with Crippen LogP contribution in [0.1, 0.15) is 37.8 Å². The Morgan fingerprint density at radius 3 is 1.84 bits per heavy atom. The van der Waals surface area contributed by atoms with E-state index in [1.54, 1.807) is 0 Å². The second-order valence-electron chi connectivity index (χ2n) is 9.36. The van der Waals surface area contributed by atoms with Crippen molar-refractivity contribution >= 4 is 47.1 Å². The van der Waals surface area contributed by atoms with Crippen LogP contribution in [0, 0.1) is 6.92 Å². The molecule has 0 radical (unpaired) electrons. The number of benzene rings is 2. The highest BCUT2D eigenvalue weighted by atomic mass is 32.1. The first-order chi connectivity index (χ1) is 14.5. The summed E-state index contributed by atoms with van der Waals surface area (Å²) >= 11 is 1.34. The van der Waals surface area contributed by atoms with E-state index in [4.69, 9.17) is 0 Å². The average Bonchev–Trinajstić information content (AvgIpc) is 3.09. The van der Waals surface area contributed by atoms with Gasteiger partial charge in [0.25, 0.3) is 0 Å². The number of carboxylic acids is 1. The summed E-state index contributed by atoms with van der Waals surface area (Å²) < 4.78 is 0. The minimum absolute atomic E-state index is 0.0599. The zero-order valence-corrected chi connectivity index (χ0v) is 21.1. The van der Waals surface area contributed by atoms with E-state index in [2.05, 4.69) is 87.5 Å². The molecule has 0 fully saturated rings. The number of thiophene rings is 1. The highest BCUT2D eigenvalue weighted by Gasteiger charge is 2.41. The molecule has 31 heavy (non-hydrogen) atoms. The van der Waals surface area contributed by atoms with Gasteiger partial charge >= 0.3 is 5.97 Å². The van der Waals surface area contributed by atoms with Gasteiger partial charge in [0.2, 0.25) is 0 Å². The Kier molecular flexibility index (Phi) is 5.26. The highest BCUT2D eigenvalue weighted by Crippen LogP contribution is 2.42. The minimum Gasteiger partial charge on any atom is -0.477 e. The quantitative estimate of drug-likeness (QED) is 0.605. The van der Waals surface area contributed by atoms with E-state index in [1.165, 1.54) is 44.2 Å². The lowest BCUT2D eigenvalue weighted by atomic mass is 9.82. The number of hydrogen-bond acceptors (Lipinski definition) is 4. The number of carbonyl (C=O) groups is 1. The molecule has 0 unspecified atom stereocenters. The topological polar surface area (TPSA) is 43.8 Å². The molecular weight excluding hydrogens is 420 g/mol. The van der Waals surface area contributed by atoms with Crippen molar-refractivity contribution in [3.8, 4) is 0 Å². The fourth-order valence-corrected chi connectivity index (χ4v) is 8.97. The van der Waals surface area contributed by atoms with E-state index in [0.717, 1.165) is 11.1 Å². The summed E-state index contributed by atoms with van der Waals surface area (Å²) in [6.45, 7) is 6.87. The molecule has 0 spiro atoms. The summed E-state index contributed by atoms with van der Waals surface area (Å²) in [7, 11) is 6.28. The molecule has 0 bridgehead atoms. The Labute approximate surface area is 189 Å². The van der Waals surface area contributed by atoms with Crippen molar-refractivity contribution in [2.75, 3.05) is 38.0 Å². The molecule has 2 heterocycles. The number of rotatable bonds is 4. The van der Waals surface area contributed by atoms with Crippen LogP contribution in [0.3, 0.4) is 0 Å². The second kappa shape index (κ2) is 7.53. The van der Waals surface area contributed by atoms with Gasteiger partial charge < -0.3 is 14.9 Å². The van der Waals surface area contributed by atoms with Gasteiger partial charge in [-0.3, -0.25) is 0 Å². The maximum Gasteiger partial charge on any atom is 0.346 e. The molecule has 1 aromatic heterocycles. The van der Waals surface area contributed by atoms with Crippen molar-refractivity contribution < 1.29 is 9.90 Å². The number of aromatic carboxylic acids is 1. The molecule has 4 rings (SSSR count). The van der Waals surface area contributed by atoms with E-state index in [9.17, 15) is 9.90 Å². The molecule has 162 valence electrons. The normalized spacial score (nSPS) is 14.7. The molecule has 1 N–H and O–H groups in total. The molecule has 0 atom stereocenters. The Hall–Kier alpha value is -2.57. The molecule has 1 aliphatic rings. The fraction of sp³-hybridized carbons (Fsp3) is 0.320. The molecule has 2 aromatic carbocycles. The first-order valence-corrected chi connectivity index (χ1v) is 14.4. The first kappa shape index (κ1) is 21.7. The predicted molar refractivity (Wildman–Crippen MR) is 135 cm³/mol. The minimum atomic E-state index is -2.00. The molecule has 4 nitrogen and oxygen atoms in total. The standard InChI is InChI=1S/C25H30N2O2SSi/c1-15-14-30-24(25(28)29)22(15)23-18-10-8-16(26(2)3)12-20(18)31(6,7)21-13-17(27(4)5)9-11-19(21)23/h8-14,23H,1-7H3,(H,28,29). The van der Waals surface area contributed by atoms with Crippen molar-refractivity contribution in [3.63, 3.8) is 0 Å². The van der Waals surface area contributed by atoms with Gasteiger partial charge in [0.05, 0.1) is 0 Å². The van der Waals surface area contributed by atoms with E-state index in [-0.39, 0.29) is 5.92 Å². The largest absolute Gasteiger partial charge is 0.477 e. The molecule has 0 saturated carbocycles. The molecule has 6 heteroatoms. The summed E-state index contributed by atoms with van der Waals surface area (Å²) in [5.74, 6) is -0.900. The summed E-state index contributed by atoms with van der Waals surface area (Å²) in [6.07, 6.45) is 0. The van der Waals surface area contributed by atoms with Gasteiger partial charge in [-0.1, -0.05) is 25.2 Å². The van der Waals surface area contributed by atoms with Crippen molar-refractivity contribution in [2.24, 2.45) is 0 Å². The van der Waals surface area contributed by atoms with E-state index in [0.29, 0.717) is 4.88 Å². The van der Waals surface area contributed by atoms with Crippen molar-refractivity contribution in [1.82, 2.24) is 0 Å². The lowest BCUT2D eigenvalue weighted by Crippen LogP contribution is -2.59. The first-order valence-electron chi connectivity index (χ1n) is 10.5. The Morgan fingerprint density at radius 2 is 1.42 bits per heavy atom. The summed E-state index contributed by atoms with van der Waals surface area (Å²) in [4.78, 5) is 16.9. The summed E-state index contributed by atoms with van der Waals surface area (Å²) in [6, 6.07) is 13.5. The van der Waals surface area contributed by atoms with Gasteiger partial charge in [-0.15, -0.1) is 11.3 Å². The molecular formula is C25H30N2O2SSi. The van der Waals surface area contributed by atoms with Crippen LogP contribution in [0.25, 0.3) is 0 Å². The van der Waals surface area contributed by atoms with Gasteiger partial charge in [0.15, 0.2) is 0 Å². The van der Waals surface area contributed by atoms with Crippen LogP contribution in [0.5, 0.6) is 0 Å². The number of aryl methyl sites for hydroxylation is 1. The third kappa shape index (κ3) is 3.38. The Balaban J connectivity index is 2.08. The molecule has 0 aliphatic carbocycles. The number of nitrogens with zero attached hydrogens (tertiary/aromatic N) is 2. The highest BCUT2D eigenvalue weighted by molar-refractivity contribution is 7.12. The number of anilines is 2. The molecule has 0 saturated heterocycles. The van der Waals surface area contributed by atoms with Gasteiger partial charge in [0.1, 0.15) is 13.0 Å². The molecule has 1 aliphatic heterocycles. The van der Waals surface area contributed by atoms with E-state index >= 15 is 0 Å². The number of hydrogen-bond donors (Lipinski definition) is 1. The monoisotopic (exact) mass is 450 g/mol. The molecule has 3 aromatic rings. The number of fused-ring (bicyclic) bond motifs is 2. The van der Waals surface area contributed by atoms with Crippen LogP contribution in [-0.2, 0) is 0 Å². The van der Waals surface area contributed by atoms with Crippen molar-refractivity contribution in [3.05, 3.63) is 68.9 Å². The fourth-order valence-electron chi connectivity index (χ4n) is 4.83. The van der Waals surface area contributed by atoms with E-state index < -0.39 is 14.0 Å². The van der Waals surface area contributed by atoms with Gasteiger partial charge in [-0.25, -0.2) is 4.79 Å². The second-order valence-corrected chi connectivity index (χ2v) is 14.6. The summed E-state index contributed by atoms with van der Waals surface area (Å²) in [5, 5.41) is 14.7. The number of carboxylic acid groups (broad SMARTS) is 1. The van der Waals surface area contributed by atoms with Gasteiger partial charge in [-0.2, -0.15) is 0 Å². The maximum atomic E-state index is 12.1. The zero-order chi connectivity index (χ0) is 22.7. The van der Waals surface area contributed by atoms with Gasteiger partial charge in [-0.05, 0) is 69.2 Å². The average molecular weight is 451 g/mol. The lowest BCUT2D eigenvalue weighted by Gasteiger charge is -2.40. The van der Waals surface area contributed by atoms with Crippen LogP contribution >= 0.6 is 11.3 Å². The predicted octanol–water partition coefficient (Wildman–Crippen LogP) is 4.20. The van der Waals surface area contributed by atoms with Crippen molar-refractivity contribution in [2.45, 2.75) is 25.9 Å². The van der Waals surface area contributed by atoms with Crippen LogP contribution < -0.4 is 20.2 Å². The van der Waals surface area contributed by atoms with Crippen LogP contribution in [0.2, 0.25) is 13.1 Å². The molecule has 0 amide bonds. The van der Waals surface area contributed by atoms with Crippen molar-refractivity contribution in [1.29, 1.82) is 0 Å². The Bertz CT molecular complexity index is 1120. The summed E-state index contributed by atoms with van der Waals surface area (Å²) in [5.41, 5.74) is 6.89. The lowest BCUT2D eigenvalue weighted by molar-refractivity contribution is 0.0701. The van der Waals surface area contributed by atoms with E-state index in [1.807, 2.05) is 12.3 Å². The zero-order valence-electron chi connectivity index (χ0n) is 19.3. The third-order valence-electron chi connectivity index (χ3n) is 6.58. The SMILES string of the molecule is Cc1csc(C(=O)O)c1C1c2ccc(N(C)C)cc2[Si](C)(C)c2cc(N(C)C)ccc21. The Morgan fingerprint density at radius 1 is 0.935 bits per heavy atom. The van der Waals surface area contributed by atoms with Crippen LogP contribution in [0.4, 0.5) is 11.4 Å².